The number of aromatic hydroxyl groups is 1. The van der Waals surface area contributed by atoms with E-state index in [-0.39, 0.29) is 0 Å². The fourth-order valence-electron chi connectivity index (χ4n) is 3.45. The summed E-state index contributed by atoms with van der Waals surface area (Å²) in [4.78, 5) is 1.30. The predicted molar refractivity (Wildman–Crippen MR) is 106 cm³/mol. The third-order valence-corrected chi connectivity index (χ3v) is 4.92. The van der Waals surface area contributed by atoms with Crippen LogP contribution in [0.25, 0.3) is 0 Å². The zero-order valence-corrected chi connectivity index (χ0v) is 17.1. The molecule has 142 valence electrons. The maximum atomic E-state index is 10.4. The van der Waals surface area contributed by atoms with Crippen LogP contribution < -0.4 is 14.4 Å². The minimum Gasteiger partial charge on any atom is -0.507 e. The molecule has 0 saturated carbocycles. The van der Waals surface area contributed by atoms with Crippen LogP contribution in [0.5, 0.6) is 17.2 Å². The number of hydrogen-bond donors (Lipinski definition) is 2. The molecule has 2 aromatic carbocycles. The third-order valence-electron chi connectivity index (χ3n) is 4.92. The molecule has 0 aromatic heterocycles. The summed E-state index contributed by atoms with van der Waals surface area (Å²) in [7, 11) is 5.45. The van der Waals surface area contributed by atoms with Gasteiger partial charge in [-0.1, -0.05) is 13.8 Å². The maximum absolute atomic E-state index is 10.4. The van der Waals surface area contributed by atoms with Crippen molar-refractivity contribution in [3.05, 3.63) is 52.1 Å². The zero-order chi connectivity index (χ0) is 19.4. The molecule has 2 N–H and O–H groups in total. The van der Waals surface area contributed by atoms with Crippen molar-refractivity contribution in [3.8, 4) is 17.2 Å². The molecule has 0 fully saturated rings. The van der Waals surface area contributed by atoms with Gasteiger partial charge in [0.25, 0.3) is 0 Å². The van der Waals surface area contributed by atoms with Gasteiger partial charge < -0.3 is 19.5 Å². The monoisotopic (exact) mass is 358 g/mol. The first-order valence-electron chi connectivity index (χ1n) is 9.12. The minimum absolute atomic E-state index is 0.385. The fourth-order valence-corrected chi connectivity index (χ4v) is 3.45. The van der Waals surface area contributed by atoms with Gasteiger partial charge in [-0.05, 0) is 60.7 Å². The van der Waals surface area contributed by atoms with E-state index in [1.54, 1.807) is 14.2 Å². The number of ether oxygens (including phenoxy) is 2. The summed E-state index contributed by atoms with van der Waals surface area (Å²) >= 11 is 0. The number of hydrogen-bond acceptors (Lipinski definition) is 3. The lowest BCUT2D eigenvalue weighted by atomic mass is 9.95. The Labute approximate surface area is 157 Å². The molecule has 0 aliphatic heterocycles. The highest BCUT2D eigenvalue weighted by atomic mass is 16.5. The third kappa shape index (κ3) is 4.50. The summed E-state index contributed by atoms with van der Waals surface area (Å²) in [5, 5.41) is 10.4. The Balaban J connectivity index is 2.22. The van der Waals surface area contributed by atoms with Crippen LogP contribution in [0.3, 0.4) is 0 Å². The van der Waals surface area contributed by atoms with E-state index in [2.05, 4.69) is 40.8 Å². The Morgan fingerprint density at radius 3 is 2.04 bits per heavy atom. The maximum Gasteiger partial charge on any atom is 0.161 e. The smallest absolute Gasteiger partial charge is 0.161 e. The highest BCUT2D eigenvalue weighted by molar-refractivity contribution is 5.47. The summed E-state index contributed by atoms with van der Waals surface area (Å²) in [5.74, 6) is 2.34. The lowest BCUT2D eigenvalue weighted by Gasteiger charge is -2.19. The van der Waals surface area contributed by atoms with Crippen molar-refractivity contribution in [1.29, 1.82) is 0 Å². The van der Waals surface area contributed by atoms with Crippen LogP contribution in [0, 0.1) is 13.8 Å². The van der Waals surface area contributed by atoms with Gasteiger partial charge in [0.1, 0.15) is 18.8 Å². The number of nitrogens with one attached hydrogen (secondary N) is 1. The Kier molecular flexibility index (Phi) is 6.54. The van der Waals surface area contributed by atoms with Crippen molar-refractivity contribution in [3.63, 3.8) is 0 Å². The number of benzene rings is 2. The van der Waals surface area contributed by atoms with E-state index >= 15 is 0 Å². The van der Waals surface area contributed by atoms with E-state index in [0.29, 0.717) is 11.7 Å². The van der Waals surface area contributed by atoms with Gasteiger partial charge in [0.15, 0.2) is 11.5 Å². The number of phenolic OH excluding ortho intramolecular Hbond substituents is 1. The van der Waals surface area contributed by atoms with E-state index < -0.39 is 0 Å². The van der Waals surface area contributed by atoms with Crippen molar-refractivity contribution in [2.24, 2.45) is 0 Å². The van der Waals surface area contributed by atoms with Gasteiger partial charge in [0.05, 0.1) is 21.3 Å². The van der Waals surface area contributed by atoms with Gasteiger partial charge >= 0.3 is 0 Å². The van der Waals surface area contributed by atoms with E-state index in [9.17, 15) is 5.11 Å². The van der Waals surface area contributed by atoms with Crippen molar-refractivity contribution in [2.45, 2.75) is 46.7 Å². The van der Waals surface area contributed by atoms with Crippen LogP contribution in [-0.4, -0.2) is 26.4 Å². The lowest BCUT2D eigenvalue weighted by Crippen LogP contribution is -3.06. The van der Waals surface area contributed by atoms with Gasteiger partial charge in [-0.3, -0.25) is 0 Å². The molecule has 0 saturated heterocycles. The van der Waals surface area contributed by atoms with E-state index in [0.717, 1.165) is 35.7 Å². The Morgan fingerprint density at radius 1 is 0.885 bits per heavy atom. The number of methoxy groups -OCH3 is 2. The van der Waals surface area contributed by atoms with Gasteiger partial charge in [-0.25, -0.2) is 0 Å². The summed E-state index contributed by atoms with van der Waals surface area (Å²) in [6.45, 7) is 10.1. The van der Waals surface area contributed by atoms with Crippen molar-refractivity contribution in [1.82, 2.24) is 0 Å². The average molecular weight is 359 g/mol. The van der Waals surface area contributed by atoms with E-state index in [4.69, 9.17) is 9.47 Å². The molecule has 0 spiro atoms. The summed E-state index contributed by atoms with van der Waals surface area (Å²) < 4.78 is 10.8. The summed E-state index contributed by atoms with van der Waals surface area (Å²) in [6, 6.07) is 8.10. The van der Waals surface area contributed by atoms with Crippen LogP contribution in [0.1, 0.15) is 47.6 Å². The number of quaternary nitrogens is 1. The molecule has 0 amide bonds. The van der Waals surface area contributed by atoms with Crippen molar-refractivity contribution in [2.75, 3.05) is 21.3 Å². The van der Waals surface area contributed by atoms with Gasteiger partial charge in [-0.2, -0.15) is 0 Å². The fraction of sp³-hybridized carbons (Fsp3) is 0.455. The molecule has 26 heavy (non-hydrogen) atoms. The van der Waals surface area contributed by atoms with Crippen molar-refractivity contribution >= 4 is 0 Å². The van der Waals surface area contributed by atoms with E-state index in [1.807, 2.05) is 18.2 Å². The molecule has 1 atom stereocenters. The zero-order valence-electron chi connectivity index (χ0n) is 17.1. The highest BCUT2D eigenvalue weighted by Crippen LogP contribution is 2.30. The van der Waals surface area contributed by atoms with E-state index in [1.165, 1.54) is 21.6 Å². The van der Waals surface area contributed by atoms with Gasteiger partial charge in [0.2, 0.25) is 0 Å². The average Bonchev–Trinajstić information content (AvgIpc) is 2.58. The second-order valence-corrected chi connectivity index (χ2v) is 7.44. The van der Waals surface area contributed by atoms with Gasteiger partial charge in [-0.15, -0.1) is 0 Å². The molecular weight excluding hydrogens is 326 g/mol. The van der Waals surface area contributed by atoms with Gasteiger partial charge in [0, 0.05) is 11.1 Å². The second kappa shape index (κ2) is 8.45. The van der Waals surface area contributed by atoms with Crippen LogP contribution in [0.15, 0.2) is 24.3 Å². The summed E-state index contributed by atoms with van der Waals surface area (Å²) in [5.41, 5.74) is 5.84. The molecule has 2 aromatic rings. The SMILES string of the molecule is COc1cc(C)c(C[NH+](C)Cc2cc(C(C)C)c(C)cc2O)cc1OC. The molecule has 0 radical (unpaired) electrons. The number of rotatable bonds is 7. The lowest BCUT2D eigenvalue weighted by molar-refractivity contribution is -0.907. The van der Waals surface area contributed by atoms with Crippen LogP contribution >= 0.6 is 0 Å². The summed E-state index contributed by atoms with van der Waals surface area (Å²) in [6.07, 6.45) is 0. The van der Waals surface area contributed by atoms with Crippen LogP contribution in [-0.2, 0) is 13.1 Å². The molecule has 2 rings (SSSR count). The molecule has 0 heterocycles. The number of aryl methyl sites for hydroxylation is 2. The molecule has 1 unspecified atom stereocenters. The highest BCUT2D eigenvalue weighted by Gasteiger charge is 2.16. The first-order valence-corrected chi connectivity index (χ1v) is 9.12. The Morgan fingerprint density at radius 2 is 1.46 bits per heavy atom. The molecule has 0 bridgehead atoms. The molecule has 0 aliphatic rings. The first-order chi connectivity index (χ1) is 12.3. The van der Waals surface area contributed by atoms with Crippen LogP contribution in [0.4, 0.5) is 0 Å². The largest absolute Gasteiger partial charge is 0.507 e. The predicted octanol–water partition coefficient (Wildman–Crippen LogP) is 3.36. The van der Waals surface area contributed by atoms with Crippen molar-refractivity contribution < 1.29 is 19.5 Å². The van der Waals surface area contributed by atoms with Crippen LogP contribution in [0.2, 0.25) is 0 Å². The first kappa shape index (κ1) is 20.1. The molecule has 4 heteroatoms. The Hall–Kier alpha value is -2.20. The second-order valence-electron chi connectivity index (χ2n) is 7.44. The standard InChI is InChI=1S/C22H31NO3/c1-14(2)19-10-18(20(24)8-16(19)4)13-23(5)12-17-11-22(26-7)21(25-6)9-15(17)3/h8-11,14,24H,12-13H2,1-7H3/p+1. The quantitative estimate of drug-likeness (QED) is 0.798. The molecule has 4 nitrogen and oxygen atoms in total. The Bertz CT molecular complexity index is 768. The molecule has 0 aliphatic carbocycles. The normalized spacial score (nSPS) is 12.3. The number of phenols is 1. The minimum atomic E-state index is 0.385. The molecular formula is C22H32NO3+. The topological polar surface area (TPSA) is 43.1 Å².